The van der Waals surface area contributed by atoms with Gasteiger partial charge in [0.1, 0.15) is 0 Å². The third-order valence-corrected chi connectivity index (χ3v) is 5.04. The lowest BCUT2D eigenvalue weighted by atomic mass is 9.97. The molecule has 152 valence electrons. The summed E-state index contributed by atoms with van der Waals surface area (Å²) >= 11 is 0. The molecule has 1 saturated heterocycles. The number of nitrogens with zero attached hydrogens (tertiary/aromatic N) is 3. The van der Waals surface area contributed by atoms with Crippen LogP contribution in [0.3, 0.4) is 0 Å². The number of hydrogen-bond acceptors (Lipinski definition) is 4. The van der Waals surface area contributed by atoms with Crippen molar-refractivity contribution in [3.8, 4) is 11.4 Å². The van der Waals surface area contributed by atoms with Crippen molar-refractivity contribution >= 4 is 17.1 Å². The van der Waals surface area contributed by atoms with Gasteiger partial charge in [0.05, 0.1) is 24.2 Å². The van der Waals surface area contributed by atoms with Crippen LogP contribution in [0, 0.1) is 12.8 Å². The third kappa shape index (κ3) is 4.09. The number of hydrogen-bond donors (Lipinski definition) is 1. The third-order valence-electron chi connectivity index (χ3n) is 5.04. The molecule has 9 heteroatoms. The summed E-state index contributed by atoms with van der Waals surface area (Å²) in [5, 5.41) is 7.25. The van der Waals surface area contributed by atoms with Crippen LogP contribution in [0.5, 0.6) is 0 Å². The van der Waals surface area contributed by atoms with Crippen LogP contribution in [0.15, 0.2) is 42.7 Å². The van der Waals surface area contributed by atoms with E-state index in [9.17, 15) is 18.0 Å². The number of aromatic nitrogens is 3. The van der Waals surface area contributed by atoms with E-state index < -0.39 is 18.2 Å². The van der Waals surface area contributed by atoms with E-state index in [2.05, 4.69) is 15.4 Å². The number of nitrogens with one attached hydrogen (secondary N) is 1. The smallest absolute Gasteiger partial charge is 0.368 e. The predicted octanol–water partition coefficient (Wildman–Crippen LogP) is 4.00. The summed E-state index contributed by atoms with van der Waals surface area (Å²) in [5.74, 6) is -0.468. The van der Waals surface area contributed by atoms with Gasteiger partial charge in [0.2, 0.25) is 5.91 Å². The van der Waals surface area contributed by atoms with Gasteiger partial charge >= 0.3 is 6.18 Å². The fourth-order valence-corrected chi connectivity index (χ4v) is 3.36. The number of rotatable bonds is 3. The van der Waals surface area contributed by atoms with E-state index in [1.165, 1.54) is 0 Å². The summed E-state index contributed by atoms with van der Waals surface area (Å²) in [6.07, 6.45) is -2.75. The summed E-state index contributed by atoms with van der Waals surface area (Å²) in [4.78, 5) is 16.9. The van der Waals surface area contributed by atoms with Crippen molar-refractivity contribution in [2.75, 3.05) is 11.9 Å². The first kappa shape index (κ1) is 19.4. The first-order valence-electron chi connectivity index (χ1n) is 9.22. The molecule has 0 radical (unpaired) electrons. The Bertz CT molecular complexity index is 1040. The van der Waals surface area contributed by atoms with Crippen LogP contribution in [0.1, 0.15) is 18.4 Å². The Morgan fingerprint density at radius 1 is 1.28 bits per heavy atom. The first-order chi connectivity index (χ1) is 13.8. The molecule has 1 aliphatic heterocycles. The lowest BCUT2D eigenvalue weighted by molar-refractivity contribution is -0.234. The van der Waals surface area contributed by atoms with E-state index in [1.54, 1.807) is 22.8 Å². The van der Waals surface area contributed by atoms with Crippen molar-refractivity contribution < 1.29 is 22.7 Å². The van der Waals surface area contributed by atoms with Crippen LogP contribution < -0.4 is 5.32 Å². The molecule has 0 spiro atoms. The van der Waals surface area contributed by atoms with Crippen LogP contribution >= 0.6 is 0 Å². The molecular weight excluding hydrogens is 385 g/mol. The van der Waals surface area contributed by atoms with Gasteiger partial charge in [0.15, 0.2) is 11.9 Å². The van der Waals surface area contributed by atoms with Gasteiger partial charge in [0, 0.05) is 17.4 Å². The summed E-state index contributed by atoms with van der Waals surface area (Å²) < 4.78 is 44.7. The zero-order chi connectivity index (χ0) is 20.6. The maximum Gasteiger partial charge on any atom is 0.414 e. The highest BCUT2D eigenvalue weighted by atomic mass is 19.4. The van der Waals surface area contributed by atoms with Gasteiger partial charge in [-0.15, -0.1) is 5.10 Å². The second kappa shape index (κ2) is 7.47. The lowest BCUT2D eigenvalue weighted by Gasteiger charge is -2.29. The molecule has 3 aromatic rings. The van der Waals surface area contributed by atoms with E-state index in [0.29, 0.717) is 11.5 Å². The zero-order valence-electron chi connectivity index (χ0n) is 15.6. The van der Waals surface area contributed by atoms with E-state index in [4.69, 9.17) is 4.74 Å². The van der Waals surface area contributed by atoms with Gasteiger partial charge in [-0.05, 0) is 49.6 Å². The normalized spacial score (nSPS) is 20.0. The molecule has 3 heterocycles. The van der Waals surface area contributed by atoms with E-state index in [-0.39, 0.29) is 25.4 Å². The van der Waals surface area contributed by atoms with Crippen LogP contribution in [-0.2, 0) is 9.53 Å². The van der Waals surface area contributed by atoms with Crippen molar-refractivity contribution in [1.29, 1.82) is 0 Å². The van der Waals surface area contributed by atoms with Crippen molar-refractivity contribution in [3.05, 3.63) is 48.3 Å². The van der Waals surface area contributed by atoms with Gasteiger partial charge in [0.25, 0.3) is 0 Å². The van der Waals surface area contributed by atoms with Crippen molar-refractivity contribution in [1.82, 2.24) is 14.6 Å². The highest BCUT2D eigenvalue weighted by Crippen LogP contribution is 2.32. The number of ether oxygens (including phenoxy) is 1. The highest BCUT2D eigenvalue weighted by molar-refractivity contribution is 5.93. The van der Waals surface area contributed by atoms with Gasteiger partial charge < -0.3 is 10.1 Å². The predicted molar refractivity (Wildman–Crippen MR) is 100 cm³/mol. The Balaban J connectivity index is 1.48. The molecule has 2 atom stereocenters. The quantitative estimate of drug-likeness (QED) is 0.717. The summed E-state index contributed by atoms with van der Waals surface area (Å²) in [6.45, 7) is 1.67. The summed E-state index contributed by atoms with van der Waals surface area (Å²) in [5.41, 5.74) is 3.09. The number of benzene rings is 1. The maximum atomic E-state index is 12.7. The fraction of sp³-hybridized carbons (Fsp3) is 0.350. The number of anilines is 1. The monoisotopic (exact) mass is 404 g/mol. The Hall–Kier alpha value is -2.94. The molecule has 0 aliphatic carbocycles. The molecule has 2 unspecified atom stereocenters. The topological polar surface area (TPSA) is 68.5 Å². The Morgan fingerprint density at radius 3 is 2.83 bits per heavy atom. The average molecular weight is 404 g/mol. The second-order valence-electron chi connectivity index (χ2n) is 7.12. The first-order valence-corrected chi connectivity index (χ1v) is 9.22. The fourth-order valence-electron chi connectivity index (χ4n) is 3.36. The van der Waals surface area contributed by atoms with Gasteiger partial charge in [-0.1, -0.05) is 6.07 Å². The van der Waals surface area contributed by atoms with Crippen LogP contribution in [0.2, 0.25) is 0 Å². The van der Waals surface area contributed by atoms with Gasteiger partial charge in [-0.3, -0.25) is 4.79 Å². The van der Waals surface area contributed by atoms with E-state index in [1.807, 2.05) is 31.3 Å². The number of alkyl halides is 3. The van der Waals surface area contributed by atoms with Crippen molar-refractivity contribution in [2.45, 2.75) is 32.0 Å². The molecule has 1 aliphatic rings. The highest BCUT2D eigenvalue weighted by Gasteiger charge is 2.43. The molecule has 29 heavy (non-hydrogen) atoms. The Kier molecular flexibility index (Phi) is 4.99. The minimum Gasteiger partial charge on any atom is -0.368 e. The van der Waals surface area contributed by atoms with Crippen molar-refractivity contribution in [3.63, 3.8) is 0 Å². The Labute approximate surface area is 164 Å². The number of halogens is 3. The molecule has 0 bridgehead atoms. The second-order valence-corrected chi connectivity index (χ2v) is 7.12. The number of amides is 1. The van der Waals surface area contributed by atoms with E-state index in [0.717, 1.165) is 16.6 Å². The van der Waals surface area contributed by atoms with E-state index >= 15 is 0 Å². The minimum absolute atomic E-state index is 0.127. The average Bonchev–Trinajstić information content (AvgIpc) is 3.16. The van der Waals surface area contributed by atoms with Crippen LogP contribution in [0.4, 0.5) is 18.9 Å². The molecule has 1 N–H and O–H groups in total. The molecule has 6 nitrogen and oxygen atoms in total. The van der Waals surface area contributed by atoms with Crippen molar-refractivity contribution in [2.24, 2.45) is 5.92 Å². The molecule has 1 aromatic carbocycles. The maximum absolute atomic E-state index is 12.7. The van der Waals surface area contributed by atoms with Gasteiger partial charge in [-0.2, -0.15) is 13.2 Å². The molecule has 1 fully saturated rings. The molecule has 1 amide bonds. The zero-order valence-corrected chi connectivity index (χ0v) is 15.6. The molecule has 4 rings (SSSR count). The Morgan fingerprint density at radius 2 is 2.10 bits per heavy atom. The van der Waals surface area contributed by atoms with Crippen LogP contribution in [-0.4, -0.2) is 39.4 Å². The summed E-state index contributed by atoms with van der Waals surface area (Å²) in [6, 6.07) is 9.11. The molecular formula is C20H19F3N4O2. The van der Waals surface area contributed by atoms with Gasteiger partial charge in [-0.25, -0.2) is 9.50 Å². The number of carbonyl (C=O) groups excluding carboxylic acids is 1. The number of carbonyl (C=O) groups is 1. The van der Waals surface area contributed by atoms with Crippen LogP contribution in [0.25, 0.3) is 16.9 Å². The standard InChI is InChI=1S/C20H19F3N4O2/c1-12-4-6-14(9-16(12)18-24-10-15-3-2-8-27(15)26-18)25-19(28)13-5-7-17(29-11-13)20(21,22)23/h2-4,6,8-10,13,17H,5,7,11H2,1H3,(H,25,28). The largest absolute Gasteiger partial charge is 0.414 e. The minimum atomic E-state index is -4.39. The summed E-state index contributed by atoms with van der Waals surface area (Å²) in [7, 11) is 0. The number of aryl methyl sites for hydroxylation is 1. The SMILES string of the molecule is Cc1ccc(NC(=O)C2CCC(C(F)(F)F)OC2)cc1-c1ncc2cccn2n1. The molecule has 0 saturated carbocycles. The number of fused-ring (bicyclic) bond motifs is 1. The molecule has 2 aromatic heterocycles. The lowest BCUT2D eigenvalue weighted by Crippen LogP contribution is -2.40.